The van der Waals surface area contributed by atoms with Crippen molar-refractivity contribution < 1.29 is 4.52 Å². The minimum atomic E-state index is 0.200. The van der Waals surface area contributed by atoms with Crippen molar-refractivity contribution in [2.24, 2.45) is 0 Å². The molecule has 1 N–H and O–H groups in total. The molecule has 0 aliphatic heterocycles. The fourth-order valence-corrected chi connectivity index (χ4v) is 2.23. The first-order chi connectivity index (χ1) is 9.86. The summed E-state index contributed by atoms with van der Waals surface area (Å²) in [5, 5.41) is 7.39. The van der Waals surface area contributed by atoms with Crippen molar-refractivity contribution in [3.63, 3.8) is 0 Å². The second-order valence-electron chi connectivity index (χ2n) is 6.53. The van der Waals surface area contributed by atoms with Crippen LogP contribution in [0.5, 0.6) is 0 Å². The van der Waals surface area contributed by atoms with Crippen molar-refractivity contribution in [1.82, 2.24) is 15.5 Å². The lowest BCUT2D eigenvalue weighted by atomic mass is 9.86. The monoisotopic (exact) mass is 287 g/mol. The third-order valence-corrected chi connectivity index (χ3v) is 3.65. The van der Waals surface area contributed by atoms with Crippen molar-refractivity contribution >= 4 is 0 Å². The third-order valence-electron chi connectivity index (χ3n) is 3.65. The van der Waals surface area contributed by atoms with E-state index in [2.05, 4.69) is 67.4 Å². The molecule has 0 amide bonds. The Morgan fingerprint density at radius 2 is 1.86 bits per heavy atom. The number of aryl methyl sites for hydroxylation is 1. The summed E-state index contributed by atoms with van der Waals surface area (Å²) in [6, 6.07) is 9.16. The highest BCUT2D eigenvalue weighted by Gasteiger charge is 2.14. The minimum absolute atomic E-state index is 0.200. The van der Waals surface area contributed by atoms with E-state index in [1.807, 2.05) is 6.92 Å². The van der Waals surface area contributed by atoms with Gasteiger partial charge < -0.3 is 9.84 Å². The molecule has 0 radical (unpaired) electrons. The first-order valence-electron chi connectivity index (χ1n) is 7.49. The molecule has 114 valence electrons. The Morgan fingerprint density at radius 1 is 1.19 bits per heavy atom. The molecule has 0 saturated carbocycles. The maximum atomic E-state index is 4.96. The molecule has 1 aromatic heterocycles. The Kier molecular flexibility index (Phi) is 4.78. The van der Waals surface area contributed by atoms with Gasteiger partial charge in [0.2, 0.25) is 5.89 Å². The van der Waals surface area contributed by atoms with E-state index < -0.39 is 0 Å². The van der Waals surface area contributed by atoms with Crippen molar-refractivity contribution in [2.45, 2.75) is 52.5 Å². The van der Waals surface area contributed by atoms with Crippen LogP contribution in [0.15, 0.2) is 28.8 Å². The number of benzene rings is 1. The van der Waals surface area contributed by atoms with Gasteiger partial charge in [-0.15, -0.1) is 0 Å². The highest BCUT2D eigenvalue weighted by atomic mass is 16.5. The largest absolute Gasteiger partial charge is 0.340 e. The predicted octanol–water partition coefficient (Wildman–Crippen LogP) is 3.57. The van der Waals surface area contributed by atoms with Gasteiger partial charge in [0.25, 0.3) is 0 Å². The van der Waals surface area contributed by atoms with Crippen LogP contribution in [-0.2, 0) is 11.8 Å². The molecule has 1 heterocycles. The van der Waals surface area contributed by atoms with Crippen molar-refractivity contribution in [1.29, 1.82) is 0 Å². The van der Waals surface area contributed by atoms with Gasteiger partial charge in [-0.05, 0) is 23.5 Å². The van der Waals surface area contributed by atoms with Crippen molar-refractivity contribution in [2.75, 3.05) is 6.54 Å². The van der Waals surface area contributed by atoms with Crippen molar-refractivity contribution in [3.8, 4) is 0 Å². The average Bonchev–Trinajstić information content (AvgIpc) is 2.83. The number of hydrogen-bond donors (Lipinski definition) is 1. The van der Waals surface area contributed by atoms with Crippen LogP contribution in [-0.4, -0.2) is 16.7 Å². The van der Waals surface area contributed by atoms with E-state index in [-0.39, 0.29) is 5.41 Å². The van der Waals surface area contributed by atoms with Gasteiger partial charge in [0, 0.05) is 25.9 Å². The van der Waals surface area contributed by atoms with Gasteiger partial charge >= 0.3 is 0 Å². The highest BCUT2D eigenvalue weighted by Crippen LogP contribution is 2.23. The fourth-order valence-electron chi connectivity index (χ4n) is 2.23. The molecule has 0 aliphatic carbocycles. The molecule has 0 bridgehead atoms. The summed E-state index contributed by atoms with van der Waals surface area (Å²) in [6.45, 7) is 11.5. The summed E-state index contributed by atoms with van der Waals surface area (Å²) in [5.41, 5.74) is 2.86. The average molecular weight is 287 g/mol. The van der Waals surface area contributed by atoms with Crippen LogP contribution in [0.25, 0.3) is 0 Å². The van der Waals surface area contributed by atoms with Gasteiger partial charge in [-0.25, -0.2) is 0 Å². The van der Waals surface area contributed by atoms with E-state index in [9.17, 15) is 0 Å². The molecule has 0 fully saturated rings. The maximum absolute atomic E-state index is 4.96. The van der Waals surface area contributed by atoms with Crippen LogP contribution in [0.2, 0.25) is 0 Å². The number of nitrogens with one attached hydrogen (secondary N) is 1. The molecule has 2 aromatic rings. The van der Waals surface area contributed by atoms with E-state index in [4.69, 9.17) is 4.52 Å². The third kappa shape index (κ3) is 4.39. The summed E-state index contributed by atoms with van der Waals surface area (Å²) in [6.07, 6.45) is 0.780. The van der Waals surface area contributed by atoms with Crippen LogP contribution in [0, 0.1) is 6.92 Å². The summed E-state index contributed by atoms with van der Waals surface area (Å²) in [4.78, 5) is 4.20. The van der Waals surface area contributed by atoms with Crippen molar-refractivity contribution in [3.05, 3.63) is 47.1 Å². The van der Waals surface area contributed by atoms with E-state index in [1.165, 1.54) is 11.1 Å². The molecule has 1 atom stereocenters. The summed E-state index contributed by atoms with van der Waals surface area (Å²) < 4.78 is 4.96. The van der Waals surface area contributed by atoms with Crippen LogP contribution in [0.4, 0.5) is 0 Å². The fraction of sp³-hybridized carbons (Fsp3) is 0.529. The lowest BCUT2D eigenvalue weighted by molar-refractivity contribution is 0.386. The number of hydrogen-bond acceptors (Lipinski definition) is 4. The Bertz CT molecular complexity index is 566. The zero-order chi connectivity index (χ0) is 15.5. The molecule has 4 nitrogen and oxygen atoms in total. The van der Waals surface area contributed by atoms with E-state index >= 15 is 0 Å². The van der Waals surface area contributed by atoms with E-state index in [1.54, 1.807) is 0 Å². The second-order valence-corrected chi connectivity index (χ2v) is 6.53. The van der Waals surface area contributed by atoms with Gasteiger partial charge in [-0.1, -0.05) is 50.2 Å². The summed E-state index contributed by atoms with van der Waals surface area (Å²) in [5.74, 6) is 1.38. The van der Waals surface area contributed by atoms with Crippen LogP contribution >= 0.6 is 0 Å². The zero-order valence-electron chi connectivity index (χ0n) is 13.6. The topological polar surface area (TPSA) is 51.0 Å². The molecule has 0 saturated heterocycles. The minimum Gasteiger partial charge on any atom is -0.340 e. The van der Waals surface area contributed by atoms with Gasteiger partial charge in [-0.3, -0.25) is 0 Å². The van der Waals surface area contributed by atoms with Crippen LogP contribution in [0.3, 0.4) is 0 Å². The predicted molar refractivity (Wildman–Crippen MR) is 84.3 cm³/mol. The molecule has 21 heavy (non-hydrogen) atoms. The number of nitrogens with zero attached hydrogens (tertiary/aromatic N) is 2. The molecule has 4 heteroatoms. The van der Waals surface area contributed by atoms with E-state index in [0.29, 0.717) is 11.9 Å². The molecule has 1 unspecified atom stereocenters. The molecule has 0 aliphatic rings. The molecule has 2 rings (SSSR count). The highest BCUT2D eigenvalue weighted by molar-refractivity contribution is 5.29. The second kappa shape index (κ2) is 6.39. The Hall–Kier alpha value is -1.68. The standard InChI is InChI=1S/C17H25N3O/c1-12(18-11-10-16-19-13(2)21-20-16)14-6-8-15(9-7-14)17(3,4)5/h6-9,12,18H,10-11H2,1-5H3. The van der Waals surface area contributed by atoms with Gasteiger partial charge in [0.05, 0.1) is 0 Å². The molecule has 0 spiro atoms. The molecular formula is C17H25N3O. The van der Waals surface area contributed by atoms with Crippen LogP contribution in [0.1, 0.15) is 56.6 Å². The lowest BCUT2D eigenvalue weighted by Gasteiger charge is -2.20. The first-order valence-corrected chi connectivity index (χ1v) is 7.49. The van der Waals surface area contributed by atoms with Gasteiger partial charge in [0.15, 0.2) is 5.82 Å². The summed E-state index contributed by atoms with van der Waals surface area (Å²) in [7, 11) is 0. The Morgan fingerprint density at radius 3 is 2.38 bits per heavy atom. The van der Waals surface area contributed by atoms with Gasteiger partial charge in [0.1, 0.15) is 0 Å². The quantitative estimate of drug-likeness (QED) is 0.913. The maximum Gasteiger partial charge on any atom is 0.223 e. The molecular weight excluding hydrogens is 262 g/mol. The van der Waals surface area contributed by atoms with Crippen LogP contribution < -0.4 is 5.32 Å². The number of rotatable bonds is 5. The lowest BCUT2D eigenvalue weighted by Crippen LogP contribution is -2.22. The normalized spacial score (nSPS) is 13.4. The SMILES string of the molecule is Cc1nc(CCNC(C)c2ccc(C(C)(C)C)cc2)no1. The van der Waals surface area contributed by atoms with Gasteiger partial charge in [-0.2, -0.15) is 4.98 Å². The smallest absolute Gasteiger partial charge is 0.223 e. The Labute approximate surface area is 127 Å². The Balaban J connectivity index is 1.87. The summed E-state index contributed by atoms with van der Waals surface area (Å²) >= 11 is 0. The first kappa shape index (κ1) is 15.7. The number of aromatic nitrogens is 2. The van der Waals surface area contributed by atoms with E-state index in [0.717, 1.165) is 18.8 Å². The zero-order valence-corrected chi connectivity index (χ0v) is 13.6. The molecule has 1 aromatic carbocycles.